The lowest BCUT2D eigenvalue weighted by Gasteiger charge is -2.32. The Balaban J connectivity index is 2.59. The van der Waals surface area contributed by atoms with Gasteiger partial charge in [-0.15, -0.1) is 6.42 Å². The molecule has 2 amide bonds. The molecule has 80 valence electrons. The van der Waals surface area contributed by atoms with Crippen molar-refractivity contribution in [2.45, 2.75) is 0 Å². The molecule has 0 saturated carbocycles. The van der Waals surface area contributed by atoms with E-state index in [4.69, 9.17) is 6.42 Å². The Kier molecular flexibility index (Phi) is 3.45. The van der Waals surface area contributed by atoms with Gasteiger partial charge in [-0.2, -0.15) is 0 Å². The first kappa shape index (κ1) is 11.2. The third-order valence-corrected chi connectivity index (χ3v) is 2.12. The molecule has 0 radical (unpaired) electrons. The second-order valence-corrected chi connectivity index (χ2v) is 3.15. The fourth-order valence-electron chi connectivity index (χ4n) is 1.33. The van der Waals surface area contributed by atoms with E-state index in [1.54, 1.807) is 0 Å². The highest BCUT2D eigenvalue weighted by Gasteiger charge is 2.27. The first-order valence-electron chi connectivity index (χ1n) is 4.41. The summed E-state index contributed by atoms with van der Waals surface area (Å²) >= 11 is 0. The fourth-order valence-corrected chi connectivity index (χ4v) is 1.33. The molecule has 0 bridgehead atoms. The van der Waals surface area contributed by atoms with Gasteiger partial charge in [0.25, 0.3) is 5.91 Å². The van der Waals surface area contributed by atoms with E-state index in [9.17, 15) is 14.0 Å². The summed E-state index contributed by atoms with van der Waals surface area (Å²) in [5.41, 5.74) is 0. The van der Waals surface area contributed by atoms with Crippen LogP contribution in [0.4, 0.5) is 4.39 Å². The number of hydrogen-bond donors (Lipinski definition) is 0. The summed E-state index contributed by atoms with van der Waals surface area (Å²) in [5.74, 6) is 0.197. The third kappa shape index (κ3) is 2.56. The molecule has 5 heteroatoms. The smallest absolute Gasteiger partial charge is 0.282 e. The number of rotatable bonds is 2. The Morgan fingerprint density at radius 1 is 1.60 bits per heavy atom. The minimum atomic E-state index is -1.05. The molecule has 1 saturated heterocycles. The van der Waals surface area contributed by atoms with Crippen molar-refractivity contribution >= 4 is 11.8 Å². The maximum atomic E-state index is 12.5. The number of nitrogens with zero attached hydrogens (tertiary/aromatic N) is 2. The topological polar surface area (TPSA) is 40.6 Å². The van der Waals surface area contributed by atoms with Crippen LogP contribution < -0.4 is 0 Å². The Morgan fingerprint density at radius 2 is 2.27 bits per heavy atom. The lowest BCUT2D eigenvalue weighted by Crippen LogP contribution is -2.52. The number of halogens is 1. The first-order valence-corrected chi connectivity index (χ1v) is 4.41. The van der Waals surface area contributed by atoms with Gasteiger partial charge in [0.15, 0.2) is 5.83 Å². The third-order valence-electron chi connectivity index (χ3n) is 2.12. The molecule has 0 unspecified atom stereocenters. The van der Waals surface area contributed by atoms with Gasteiger partial charge in [0.2, 0.25) is 5.91 Å². The second kappa shape index (κ2) is 4.60. The van der Waals surface area contributed by atoms with Crippen molar-refractivity contribution in [2.75, 3.05) is 26.2 Å². The van der Waals surface area contributed by atoms with Crippen LogP contribution in [0.1, 0.15) is 0 Å². The second-order valence-electron chi connectivity index (χ2n) is 3.15. The quantitative estimate of drug-likeness (QED) is 0.467. The molecule has 0 spiro atoms. The summed E-state index contributed by atoms with van der Waals surface area (Å²) in [4.78, 5) is 25.1. The van der Waals surface area contributed by atoms with Gasteiger partial charge in [0.1, 0.15) is 6.54 Å². The molecule has 0 aliphatic carbocycles. The number of carbonyl (C=O) groups excluding carboxylic acids is 2. The Hall–Kier alpha value is -1.83. The number of amides is 2. The van der Waals surface area contributed by atoms with E-state index in [-0.39, 0.29) is 25.5 Å². The Bertz CT molecular complexity index is 346. The van der Waals surface area contributed by atoms with E-state index in [1.165, 1.54) is 4.90 Å². The average molecular weight is 210 g/mol. The molecule has 4 nitrogen and oxygen atoms in total. The number of carbonyl (C=O) groups is 2. The van der Waals surface area contributed by atoms with Crippen LogP contribution >= 0.6 is 0 Å². The van der Waals surface area contributed by atoms with Crippen LogP contribution in [0.5, 0.6) is 0 Å². The molecule has 0 aromatic heterocycles. The predicted molar refractivity (Wildman–Crippen MR) is 52.2 cm³/mol. The van der Waals surface area contributed by atoms with E-state index in [0.29, 0.717) is 6.54 Å². The summed E-state index contributed by atoms with van der Waals surface area (Å²) < 4.78 is 12.5. The summed E-state index contributed by atoms with van der Waals surface area (Å²) in [6.45, 7) is 3.60. The van der Waals surface area contributed by atoms with Gasteiger partial charge < -0.3 is 9.80 Å². The minimum Gasteiger partial charge on any atom is -0.328 e. The maximum Gasteiger partial charge on any atom is 0.282 e. The lowest BCUT2D eigenvalue weighted by atomic mass is 10.3. The Labute approximate surface area is 87.3 Å². The van der Waals surface area contributed by atoms with E-state index >= 15 is 0 Å². The normalized spacial score (nSPS) is 16.1. The number of terminal acetylenes is 1. The van der Waals surface area contributed by atoms with Crippen LogP contribution in [-0.4, -0.2) is 47.8 Å². The standard InChI is InChI=1S/C10H11FN2O2/c1-3-4-12-5-6-13(7-9(12)14)10(15)8(2)11/h1H,2,4-7H2. The first-order chi connectivity index (χ1) is 7.06. The summed E-state index contributed by atoms with van der Waals surface area (Å²) in [5, 5.41) is 0. The molecule has 1 rings (SSSR count). The average Bonchev–Trinajstić information content (AvgIpc) is 2.20. The molecule has 0 aromatic rings. The van der Waals surface area contributed by atoms with Gasteiger partial charge in [-0.05, 0) is 0 Å². The van der Waals surface area contributed by atoms with Crippen LogP contribution in [0.15, 0.2) is 12.4 Å². The summed E-state index contributed by atoms with van der Waals surface area (Å²) in [6.07, 6.45) is 5.07. The van der Waals surface area contributed by atoms with Crippen molar-refractivity contribution in [3.8, 4) is 12.3 Å². The van der Waals surface area contributed by atoms with Crippen LogP contribution in [-0.2, 0) is 9.59 Å². The molecular formula is C10H11FN2O2. The minimum absolute atomic E-state index is 0.135. The van der Waals surface area contributed by atoms with Crippen molar-refractivity contribution in [3.63, 3.8) is 0 Å². The van der Waals surface area contributed by atoms with Crippen molar-refractivity contribution in [2.24, 2.45) is 0 Å². The van der Waals surface area contributed by atoms with Gasteiger partial charge >= 0.3 is 0 Å². The zero-order valence-electron chi connectivity index (χ0n) is 8.20. The van der Waals surface area contributed by atoms with E-state index in [2.05, 4.69) is 12.5 Å². The molecular weight excluding hydrogens is 199 g/mol. The highest BCUT2D eigenvalue weighted by atomic mass is 19.1. The van der Waals surface area contributed by atoms with Crippen LogP contribution in [0, 0.1) is 12.3 Å². The van der Waals surface area contributed by atoms with Gasteiger partial charge in [-0.25, -0.2) is 4.39 Å². The van der Waals surface area contributed by atoms with Crippen molar-refractivity contribution in [3.05, 3.63) is 12.4 Å². The zero-order chi connectivity index (χ0) is 11.4. The van der Waals surface area contributed by atoms with Crippen LogP contribution in [0.3, 0.4) is 0 Å². The molecule has 1 fully saturated rings. The van der Waals surface area contributed by atoms with E-state index in [0.717, 1.165) is 4.90 Å². The van der Waals surface area contributed by atoms with E-state index < -0.39 is 11.7 Å². The number of hydrogen-bond acceptors (Lipinski definition) is 2. The molecule has 1 aliphatic heterocycles. The monoisotopic (exact) mass is 210 g/mol. The molecule has 0 atom stereocenters. The predicted octanol–water partition coefficient (Wildman–Crippen LogP) is -0.226. The van der Waals surface area contributed by atoms with Crippen LogP contribution in [0.2, 0.25) is 0 Å². The van der Waals surface area contributed by atoms with E-state index in [1.807, 2.05) is 0 Å². The zero-order valence-corrected chi connectivity index (χ0v) is 8.20. The van der Waals surface area contributed by atoms with Gasteiger partial charge in [0, 0.05) is 13.1 Å². The highest BCUT2D eigenvalue weighted by Crippen LogP contribution is 2.07. The van der Waals surface area contributed by atoms with Crippen molar-refractivity contribution in [1.29, 1.82) is 0 Å². The summed E-state index contributed by atoms with van der Waals surface area (Å²) in [7, 11) is 0. The van der Waals surface area contributed by atoms with Crippen molar-refractivity contribution < 1.29 is 14.0 Å². The highest BCUT2D eigenvalue weighted by molar-refractivity contribution is 5.94. The maximum absolute atomic E-state index is 12.5. The van der Waals surface area contributed by atoms with Gasteiger partial charge in [0.05, 0.1) is 6.54 Å². The lowest BCUT2D eigenvalue weighted by molar-refractivity contribution is -0.143. The molecule has 1 aliphatic rings. The fraction of sp³-hybridized carbons (Fsp3) is 0.400. The molecule has 0 N–H and O–H groups in total. The molecule has 0 aromatic carbocycles. The Morgan fingerprint density at radius 3 is 2.73 bits per heavy atom. The van der Waals surface area contributed by atoms with Crippen LogP contribution in [0.25, 0.3) is 0 Å². The molecule has 1 heterocycles. The van der Waals surface area contributed by atoms with Gasteiger partial charge in [-0.3, -0.25) is 9.59 Å². The van der Waals surface area contributed by atoms with Gasteiger partial charge in [-0.1, -0.05) is 12.5 Å². The van der Waals surface area contributed by atoms with Crippen molar-refractivity contribution in [1.82, 2.24) is 9.80 Å². The largest absolute Gasteiger partial charge is 0.328 e. The SMILES string of the molecule is C#CCN1CCN(C(=O)C(=C)F)CC1=O. The summed E-state index contributed by atoms with van der Waals surface area (Å²) in [6, 6.07) is 0. The number of piperazine rings is 1. The molecule has 15 heavy (non-hydrogen) atoms.